The number of hydrogen-bond acceptors (Lipinski definition) is 4. The van der Waals surface area contributed by atoms with Crippen molar-refractivity contribution in [2.75, 3.05) is 38.7 Å². The number of nitrogens with one attached hydrogen (secondary N) is 1. The molecule has 108 valence electrons. The van der Waals surface area contributed by atoms with E-state index in [2.05, 4.69) is 39.8 Å². The highest BCUT2D eigenvalue weighted by atomic mass is 16.5. The van der Waals surface area contributed by atoms with Crippen LogP contribution in [0.4, 0.5) is 5.95 Å². The Bertz CT molecular complexity index is 379. The fourth-order valence-corrected chi connectivity index (χ4v) is 2.78. The van der Waals surface area contributed by atoms with Crippen molar-refractivity contribution in [2.24, 2.45) is 0 Å². The van der Waals surface area contributed by atoms with Gasteiger partial charge in [-0.25, -0.2) is 4.98 Å². The van der Waals surface area contributed by atoms with Crippen LogP contribution in [-0.2, 0) is 4.74 Å². The van der Waals surface area contributed by atoms with Gasteiger partial charge in [0, 0.05) is 38.1 Å². The van der Waals surface area contributed by atoms with E-state index in [4.69, 9.17) is 4.74 Å². The Hall–Kier alpha value is -1.07. The first-order valence-corrected chi connectivity index (χ1v) is 7.25. The van der Waals surface area contributed by atoms with Gasteiger partial charge < -0.3 is 19.5 Å². The summed E-state index contributed by atoms with van der Waals surface area (Å²) in [5.41, 5.74) is 0. The molecule has 0 radical (unpaired) electrons. The minimum atomic E-state index is 0.275. The molecule has 0 spiro atoms. The van der Waals surface area contributed by atoms with Crippen LogP contribution >= 0.6 is 0 Å². The van der Waals surface area contributed by atoms with E-state index in [0.29, 0.717) is 12.6 Å². The molecule has 5 heteroatoms. The fourth-order valence-electron chi connectivity index (χ4n) is 2.78. The van der Waals surface area contributed by atoms with E-state index >= 15 is 0 Å². The molecule has 2 heterocycles. The monoisotopic (exact) mass is 266 g/mol. The summed E-state index contributed by atoms with van der Waals surface area (Å²) in [4.78, 5) is 6.95. The van der Waals surface area contributed by atoms with Crippen LogP contribution in [0.1, 0.15) is 32.7 Å². The third-order valence-electron chi connectivity index (χ3n) is 3.78. The first-order chi connectivity index (χ1) is 9.24. The zero-order chi connectivity index (χ0) is 13.7. The Morgan fingerprint density at radius 1 is 1.58 bits per heavy atom. The van der Waals surface area contributed by atoms with E-state index in [1.807, 2.05) is 6.20 Å². The molecule has 1 aromatic heterocycles. The maximum atomic E-state index is 5.16. The number of hydrogen-bond donors (Lipinski definition) is 1. The van der Waals surface area contributed by atoms with Crippen LogP contribution < -0.4 is 5.32 Å². The van der Waals surface area contributed by atoms with Gasteiger partial charge in [-0.3, -0.25) is 0 Å². The van der Waals surface area contributed by atoms with Crippen molar-refractivity contribution in [3.63, 3.8) is 0 Å². The van der Waals surface area contributed by atoms with Gasteiger partial charge in [0.05, 0.1) is 6.61 Å². The summed E-state index contributed by atoms with van der Waals surface area (Å²) >= 11 is 0. The standard InChI is InChI=1S/C14H26N4O/c1-4-17-8-5-6-13(10-17)18-9-7-15-14(18)16-12(2)11-19-3/h7,9,12-13H,4-6,8,10-11H2,1-3H3,(H,15,16). The largest absolute Gasteiger partial charge is 0.383 e. The summed E-state index contributed by atoms with van der Waals surface area (Å²) in [7, 11) is 1.73. The van der Waals surface area contributed by atoms with Crippen LogP contribution in [0, 0.1) is 0 Å². The molecule has 0 bridgehead atoms. The number of anilines is 1. The molecule has 1 N–H and O–H groups in total. The zero-order valence-electron chi connectivity index (χ0n) is 12.3. The smallest absolute Gasteiger partial charge is 0.203 e. The van der Waals surface area contributed by atoms with Crippen LogP contribution in [0.2, 0.25) is 0 Å². The zero-order valence-corrected chi connectivity index (χ0v) is 12.3. The van der Waals surface area contributed by atoms with Gasteiger partial charge >= 0.3 is 0 Å². The number of rotatable bonds is 6. The molecule has 2 rings (SSSR count). The van der Waals surface area contributed by atoms with Crippen molar-refractivity contribution in [3.05, 3.63) is 12.4 Å². The van der Waals surface area contributed by atoms with Gasteiger partial charge in [0.1, 0.15) is 0 Å². The maximum absolute atomic E-state index is 5.16. The second kappa shape index (κ2) is 6.91. The Morgan fingerprint density at radius 3 is 3.16 bits per heavy atom. The van der Waals surface area contributed by atoms with Crippen molar-refractivity contribution in [2.45, 2.75) is 38.8 Å². The van der Waals surface area contributed by atoms with Crippen molar-refractivity contribution in [1.82, 2.24) is 14.5 Å². The Balaban J connectivity index is 2.02. The van der Waals surface area contributed by atoms with Crippen molar-refractivity contribution < 1.29 is 4.74 Å². The highest BCUT2D eigenvalue weighted by Crippen LogP contribution is 2.24. The van der Waals surface area contributed by atoms with Gasteiger partial charge in [-0.05, 0) is 32.9 Å². The van der Waals surface area contributed by atoms with Gasteiger partial charge in [0.2, 0.25) is 5.95 Å². The van der Waals surface area contributed by atoms with Crippen LogP contribution in [-0.4, -0.2) is 53.8 Å². The van der Waals surface area contributed by atoms with Crippen LogP contribution in [0.25, 0.3) is 0 Å². The number of aromatic nitrogens is 2. The molecule has 1 saturated heterocycles. The lowest BCUT2D eigenvalue weighted by atomic mass is 10.1. The Kier molecular flexibility index (Phi) is 5.22. The van der Waals surface area contributed by atoms with Crippen LogP contribution in [0.3, 0.4) is 0 Å². The third kappa shape index (κ3) is 3.70. The average molecular weight is 266 g/mol. The number of piperidine rings is 1. The van der Waals surface area contributed by atoms with E-state index in [9.17, 15) is 0 Å². The summed E-state index contributed by atoms with van der Waals surface area (Å²) in [6.07, 6.45) is 6.47. The molecule has 1 aliphatic rings. The summed E-state index contributed by atoms with van der Waals surface area (Å²) < 4.78 is 7.45. The van der Waals surface area contributed by atoms with Crippen molar-refractivity contribution in [3.8, 4) is 0 Å². The molecule has 1 aliphatic heterocycles. The van der Waals surface area contributed by atoms with Gasteiger partial charge in [-0.2, -0.15) is 0 Å². The lowest BCUT2D eigenvalue weighted by Crippen LogP contribution is -2.36. The van der Waals surface area contributed by atoms with Gasteiger partial charge in [0.15, 0.2) is 0 Å². The summed E-state index contributed by atoms with van der Waals surface area (Å²) in [5.74, 6) is 0.965. The lowest BCUT2D eigenvalue weighted by Gasteiger charge is -2.33. The topological polar surface area (TPSA) is 42.3 Å². The second-order valence-corrected chi connectivity index (χ2v) is 5.35. The molecule has 2 unspecified atom stereocenters. The first kappa shape index (κ1) is 14.3. The van der Waals surface area contributed by atoms with Crippen LogP contribution in [0.15, 0.2) is 12.4 Å². The van der Waals surface area contributed by atoms with Crippen LogP contribution in [0.5, 0.6) is 0 Å². The molecule has 0 saturated carbocycles. The second-order valence-electron chi connectivity index (χ2n) is 5.35. The molecule has 1 aromatic rings. The first-order valence-electron chi connectivity index (χ1n) is 7.25. The maximum Gasteiger partial charge on any atom is 0.203 e. The van der Waals surface area contributed by atoms with E-state index in [0.717, 1.165) is 19.0 Å². The fraction of sp³-hybridized carbons (Fsp3) is 0.786. The number of ether oxygens (including phenoxy) is 1. The average Bonchev–Trinajstić information content (AvgIpc) is 2.87. The number of likely N-dealkylation sites (N-methyl/N-ethyl adjacent to an activating group) is 1. The van der Waals surface area contributed by atoms with E-state index in [1.54, 1.807) is 7.11 Å². The normalized spacial score (nSPS) is 22.4. The van der Waals surface area contributed by atoms with Gasteiger partial charge in [-0.1, -0.05) is 6.92 Å². The molecular formula is C14H26N4O. The van der Waals surface area contributed by atoms with Crippen molar-refractivity contribution >= 4 is 5.95 Å². The lowest BCUT2D eigenvalue weighted by molar-refractivity contribution is 0.183. The van der Waals surface area contributed by atoms with E-state index in [1.165, 1.54) is 19.4 Å². The number of likely N-dealkylation sites (tertiary alicyclic amines) is 1. The number of imidazole rings is 1. The van der Waals surface area contributed by atoms with Gasteiger partial charge in [0.25, 0.3) is 0 Å². The highest BCUT2D eigenvalue weighted by Gasteiger charge is 2.22. The Morgan fingerprint density at radius 2 is 2.42 bits per heavy atom. The molecular weight excluding hydrogens is 240 g/mol. The number of nitrogens with zero attached hydrogens (tertiary/aromatic N) is 3. The van der Waals surface area contributed by atoms with E-state index in [-0.39, 0.29) is 6.04 Å². The van der Waals surface area contributed by atoms with E-state index < -0.39 is 0 Å². The molecule has 5 nitrogen and oxygen atoms in total. The van der Waals surface area contributed by atoms with Gasteiger partial charge in [-0.15, -0.1) is 0 Å². The highest BCUT2D eigenvalue weighted by molar-refractivity contribution is 5.28. The molecule has 0 aliphatic carbocycles. The molecule has 0 amide bonds. The predicted octanol–water partition coefficient (Wildman–Crippen LogP) is 1.99. The molecule has 0 aromatic carbocycles. The third-order valence-corrected chi connectivity index (χ3v) is 3.78. The minimum Gasteiger partial charge on any atom is -0.383 e. The predicted molar refractivity (Wildman–Crippen MR) is 77.6 cm³/mol. The molecule has 19 heavy (non-hydrogen) atoms. The molecule has 2 atom stereocenters. The summed E-state index contributed by atoms with van der Waals surface area (Å²) in [5, 5.41) is 3.43. The minimum absolute atomic E-state index is 0.275. The Labute approximate surface area is 116 Å². The molecule has 1 fully saturated rings. The quantitative estimate of drug-likeness (QED) is 0.855. The number of methoxy groups -OCH3 is 1. The SMILES string of the molecule is CCN1CCCC(n2ccnc2NC(C)COC)C1. The van der Waals surface area contributed by atoms with Crippen molar-refractivity contribution in [1.29, 1.82) is 0 Å². The summed E-state index contributed by atoms with van der Waals surface area (Å²) in [6.45, 7) is 8.52. The summed E-state index contributed by atoms with van der Waals surface area (Å²) in [6, 6.07) is 0.811.